The van der Waals surface area contributed by atoms with Crippen molar-refractivity contribution < 1.29 is 14.6 Å². The molecular weight excluding hydrogens is 328 g/mol. The van der Waals surface area contributed by atoms with Crippen LogP contribution in [0, 0.1) is 6.92 Å². The second-order valence-corrected chi connectivity index (χ2v) is 6.75. The fourth-order valence-corrected chi connectivity index (χ4v) is 3.39. The molecule has 1 N–H and O–H groups in total. The maximum atomic E-state index is 10.7. The van der Waals surface area contributed by atoms with E-state index in [1.165, 1.54) is 11.3 Å². The minimum atomic E-state index is -0.606. The average Bonchev–Trinajstić information content (AvgIpc) is 2.68. The topological polar surface area (TPSA) is 45.2 Å². The van der Waals surface area contributed by atoms with E-state index in [2.05, 4.69) is 41.0 Å². The van der Waals surface area contributed by atoms with E-state index in [0.29, 0.717) is 12.3 Å². The third-order valence-electron chi connectivity index (χ3n) is 5.00. The molecule has 140 valence electrons. The molecule has 1 unspecified atom stereocenters. The van der Waals surface area contributed by atoms with Gasteiger partial charge in [-0.1, -0.05) is 17.7 Å². The summed E-state index contributed by atoms with van der Waals surface area (Å²) in [6.07, 6.45) is -0.606. The summed E-state index contributed by atoms with van der Waals surface area (Å²) in [5.41, 5.74) is 3.32. The lowest BCUT2D eigenvalue weighted by Crippen LogP contribution is -2.47. The molecule has 1 heterocycles. The molecule has 1 atom stereocenters. The Kier molecular flexibility index (Phi) is 6.01. The Morgan fingerprint density at radius 3 is 2.27 bits per heavy atom. The molecule has 0 radical (unpaired) electrons. The SMILES string of the molecule is COc1ccc(OC)c(C(O)CN2CCN(c3ccc(C)cc3)CC2)c1. The lowest BCUT2D eigenvalue weighted by Gasteiger charge is -2.37. The Bertz CT molecular complexity index is 710. The maximum absolute atomic E-state index is 10.7. The Morgan fingerprint density at radius 2 is 1.65 bits per heavy atom. The van der Waals surface area contributed by atoms with Gasteiger partial charge in [-0.25, -0.2) is 0 Å². The number of β-amino-alcohol motifs (C(OH)–C–C–N with tert-alkyl or cyclic N) is 1. The van der Waals surface area contributed by atoms with Crippen molar-refractivity contribution in [3.8, 4) is 11.5 Å². The molecule has 0 aromatic heterocycles. The quantitative estimate of drug-likeness (QED) is 0.862. The van der Waals surface area contributed by atoms with Gasteiger partial charge in [-0.3, -0.25) is 4.90 Å². The molecule has 0 bridgehead atoms. The Morgan fingerprint density at radius 1 is 0.962 bits per heavy atom. The molecule has 1 aliphatic heterocycles. The summed E-state index contributed by atoms with van der Waals surface area (Å²) in [7, 11) is 3.25. The van der Waals surface area contributed by atoms with Gasteiger partial charge in [-0.15, -0.1) is 0 Å². The fourth-order valence-electron chi connectivity index (χ4n) is 3.39. The van der Waals surface area contributed by atoms with Crippen molar-refractivity contribution in [1.29, 1.82) is 0 Å². The molecule has 26 heavy (non-hydrogen) atoms. The number of aliphatic hydroxyl groups is 1. The number of nitrogens with zero attached hydrogens (tertiary/aromatic N) is 2. The van der Waals surface area contributed by atoms with E-state index in [1.54, 1.807) is 14.2 Å². The van der Waals surface area contributed by atoms with Gasteiger partial charge < -0.3 is 19.5 Å². The summed E-state index contributed by atoms with van der Waals surface area (Å²) >= 11 is 0. The average molecular weight is 356 g/mol. The highest BCUT2D eigenvalue weighted by Crippen LogP contribution is 2.30. The first-order valence-electron chi connectivity index (χ1n) is 9.04. The normalized spacial score (nSPS) is 16.4. The van der Waals surface area contributed by atoms with Crippen LogP contribution in [0.1, 0.15) is 17.2 Å². The largest absolute Gasteiger partial charge is 0.497 e. The molecule has 3 rings (SSSR count). The summed E-state index contributed by atoms with van der Waals surface area (Å²) in [5.74, 6) is 1.42. The molecule has 2 aromatic carbocycles. The number of rotatable bonds is 6. The maximum Gasteiger partial charge on any atom is 0.124 e. The monoisotopic (exact) mass is 356 g/mol. The van der Waals surface area contributed by atoms with Gasteiger partial charge in [0.1, 0.15) is 11.5 Å². The molecule has 5 nitrogen and oxygen atoms in total. The second-order valence-electron chi connectivity index (χ2n) is 6.75. The van der Waals surface area contributed by atoms with E-state index in [0.717, 1.165) is 37.5 Å². The predicted octanol–water partition coefficient (Wildman–Crippen LogP) is 2.87. The van der Waals surface area contributed by atoms with Gasteiger partial charge in [0.2, 0.25) is 0 Å². The van der Waals surface area contributed by atoms with Crippen molar-refractivity contribution in [2.75, 3.05) is 51.8 Å². The standard InChI is InChI=1S/C21H28N2O3/c1-16-4-6-17(7-5-16)23-12-10-22(11-13-23)15-20(24)19-14-18(25-2)8-9-21(19)26-3/h4-9,14,20,24H,10-13,15H2,1-3H3. The summed E-state index contributed by atoms with van der Waals surface area (Å²) in [6.45, 7) is 6.48. The zero-order valence-electron chi connectivity index (χ0n) is 15.8. The zero-order chi connectivity index (χ0) is 18.5. The van der Waals surface area contributed by atoms with Crippen LogP contribution in [0.15, 0.2) is 42.5 Å². The minimum absolute atomic E-state index is 0.589. The highest BCUT2D eigenvalue weighted by atomic mass is 16.5. The van der Waals surface area contributed by atoms with Crippen LogP contribution < -0.4 is 14.4 Å². The van der Waals surface area contributed by atoms with Gasteiger partial charge >= 0.3 is 0 Å². The summed E-state index contributed by atoms with van der Waals surface area (Å²) in [5, 5.41) is 10.7. The van der Waals surface area contributed by atoms with Crippen LogP contribution in [-0.4, -0.2) is 56.9 Å². The molecule has 1 fully saturated rings. The second kappa shape index (κ2) is 8.43. The summed E-state index contributed by atoms with van der Waals surface area (Å²) < 4.78 is 10.7. The number of piperazine rings is 1. The van der Waals surface area contributed by atoms with Gasteiger partial charge in [-0.05, 0) is 37.3 Å². The number of hydrogen-bond acceptors (Lipinski definition) is 5. The number of methoxy groups -OCH3 is 2. The number of benzene rings is 2. The van der Waals surface area contributed by atoms with Crippen molar-refractivity contribution in [3.63, 3.8) is 0 Å². The summed E-state index contributed by atoms with van der Waals surface area (Å²) in [6, 6.07) is 14.2. The molecule has 0 spiro atoms. The van der Waals surface area contributed by atoms with Crippen LogP contribution in [0.3, 0.4) is 0 Å². The fraction of sp³-hybridized carbons (Fsp3) is 0.429. The number of hydrogen-bond donors (Lipinski definition) is 1. The van der Waals surface area contributed by atoms with E-state index < -0.39 is 6.10 Å². The number of ether oxygens (including phenoxy) is 2. The highest BCUT2D eigenvalue weighted by molar-refractivity contribution is 5.48. The van der Waals surface area contributed by atoms with Crippen LogP contribution in [0.2, 0.25) is 0 Å². The Hall–Kier alpha value is -2.24. The first kappa shape index (κ1) is 18.5. The van der Waals surface area contributed by atoms with Gasteiger partial charge in [-0.2, -0.15) is 0 Å². The molecule has 1 aliphatic rings. The molecule has 1 saturated heterocycles. The highest BCUT2D eigenvalue weighted by Gasteiger charge is 2.22. The third-order valence-corrected chi connectivity index (χ3v) is 5.00. The predicted molar refractivity (Wildman–Crippen MR) is 104 cm³/mol. The van der Waals surface area contributed by atoms with Crippen LogP contribution in [0.25, 0.3) is 0 Å². The molecule has 0 saturated carbocycles. The lowest BCUT2D eigenvalue weighted by molar-refractivity contribution is 0.107. The summed E-state index contributed by atoms with van der Waals surface area (Å²) in [4.78, 5) is 4.70. The van der Waals surface area contributed by atoms with Gasteiger partial charge in [0.25, 0.3) is 0 Å². The zero-order valence-corrected chi connectivity index (χ0v) is 15.8. The van der Waals surface area contributed by atoms with Crippen molar-refractivity contribution in [2.45, 2.75) is 13.0 Å². The molecule has 5 heteroatoms. The minimum Gasteiger partial charge on any atom is -0.497 e. The Balaban J connectivity index is 1.60. The lowest BCUT2D eigenvalue weighted by atomic mass is 10.1. The number of aliphatic hydroxyl groups excluding tert-OH is 1. The Labute approximate surface area is 155 Å². The number of aryl methyl sites for hydroxylation is 1. The first-order valence-corrected chi connectivity index (χ1v) is 9.04. The van der Waals surface area contributed by atoms with E-state index >= 15 is 0 Å². The number of anilines is 1. The molecule has 0 aliphatic carbocycles. The van der Waals surface area contributed by atoms with E-state index in [9.17, 15) is 5.11 Å². The third kappa shape index (κ3) is 4.29. The van der Waals surface area contributed by atoms with Crippen molar-refractivity contribution in [1.82, 2.24) is 4.90 Å². The van der Waals surface area contributed by atoms with Crippen molar-refractivity contribution in [3.05, 3.63) is 53.6 Å². The van der Waals surface area contributed by atoms with Gasteiger partial charge in [0.05, 0.1) is 20.3 Å². The van der Waals surface area contributed by atoms with E-state index in [4.69, 9.17) is 9.47 Å². The molecule has 0 amide bonds. The molecular formula is C21H28N2O3. The van der Waals surface area contributed by atoms with Crippen LogP contribution in [0.4, 0.5) is 5.69 Å². The van der Waals surface area contributed by atoms with E-state index in [-0.39, 0.29) is 0 Å². The molecule has 2 aromatic rings. The van der Waals surface area contributed by atoms with E-state index in [1.807, 2.05) is 18.2 Å². The van der Waals surface area contributed by atoms with Crippen LogP contribution >= 0.6 is 0 Å². The van der Waals surface area contributed by atoms with Crippen LogP contribution in [-0.2, 0) is 0 Å². The smallest absolute Gasteiger partial charge is 0.124 e. The van der Waals surface area contributed by atoms with Crippen molar-refractivity contribution >= 4 is 5.69 Å². The first-order chi connectivity index (χ1) is 12.6. The van der Waals surface area contributed by atoms with Gasteiger partial charge in [0, 0.05) is 44.0 Å². The van der Waals surface area contributed by atoms with Crippen LogP contribution in [0.5, 0.6) is 11.5 Å². The van der Waals surface area contributed by atoms with Gasteiger partial charge in [0.15, 0.2) is 0 Å². The van der Waals surface area contributed by atoms with Crippen molar-refractivity contribution in [2.24, 2.45) is 0 Å².